The first-order chi connectivity index (χ1) is 10.8. The largest absolute Gasteiger partial charge is 0.481 e. The Kier molecular flexibility index (Phi) is 5.03. The van der Waals surface area contributed by atoms with E-state index in [4.69, 9.17) is 0 Å². The predicted molar refractivity (Wildman–Crippen MR) is 86.2 cm³/mol. The molecule has 1 aliphatic carbocycles. The van der Waals surface area contributed by atoms with Crippen LogP contribution in [0, 0.1) is 5.41 Å². The molecule has 1 aromatic rings. The van der Waals surface area contributed by atoms with Crippen molar-refractivity contribution in [2.24, 2.45) is 5.41 Å². The molecule has 2 rings (SSSR count). The minimum Gasteiger partial charge on any atom is -0.481 e. The normalized spacial score (nSPS) is 15.6. The fourth-order valence-corrected chi connectivity index (χ4v) is 2.63. The lowest BCUT2D eigenvalue weighted by atomic mass is 9.66. The maximum Gasteiger partial charge on any atom is 0.310 e. The Balaban J connectivity index is 1.94. The van der Waals surface area contributed by atoms with Gasteiger partial charge in [-0.1, -0.05) is 6.42 Å². The lowest BCUT2D eigenvalue weighted by Crippen LogP contribution is -2.41. The van der Waals surface area contributed by atoms with Crippen LogP contribution in [-0.4, -0.2) is 28.9 Å². The van der Waals surface area contributed by atoms with E-state index in [1.165, 1.54) is 0 Å². The molecule has 0 unspecified atom stereocenters. The van der Waals surface area contributed by atoms with Crippen LogP contribution in [0.3, 0.4) is 0 Å². The first kappa shape index (κ1) is 17.0. The second kappa shape index (κ2) is 6.81. The Hall–Kier alpha value is -2.37. The third-order valence-corrected chi connectivity index (χ3v) is 4.11. The highest BCUT2D eigenvalue weighted by Gasteiger charge is 2.45. The number of anilines is 1. The Bertz CT molecular complexity index is 604. The number of nitrogens with one attached hydrogen (secondary N) is 2. The average Bonchev–Trinajstić information content (AvgIpc) is 2.42. The second-order valence-electron chi connectivity index (χ2n) is 6.37. The molecular formula is C17H22N2O4. The molecule has 1 aliphatic rings. The van der Waals surface area contributed by atoms with Crippen molar-refractivity contribution in [1.29, 1.82) is 0 Å². The highest BCUT2D eigenvalue weighted by Crippen LogP contribution is 2.44. The van der Waals surface area contributed by atoms with Crippen molar-refractivity contribution in [3.63, 3.8) is 0 Å². The number of carboxylic acid groups (broad SMARTS) is 1. The van der Waals surface area contributed by atoms with E-state index in [9.17, 15) is 19.5 Å². The maximum absolute atomic E-state index is 12.0. The lowest BCUT2D eigenvalue weighted by Gasteiger charge is -2.36. The van der Waals surface area contributed by atoms with Crippen LogP contribution in [-0.2, 0) is 9.59 Å². The molecule has 0 atom stereocenters. The summed E-state index contributed by atoms with van der Waals surface area (Å²) in [6.45, 7) is 3.76. The van der Waals surface area contributed by atoms with Crippen molar-refractivity contribution in [3.8, 4) is 0 Å². The molecule has 3 N–H and O–H groups in total. The number of rotatable bonds is 6. The van der Waals surface area contributed by atoms with Gasteiger partial charge in [0.05, 0.1) is 5.41 Å². The van der Waals surface area contributed by atoms with E-state index in [-0.39, 0.29) is 24.3 Å². The van der Waals surface area contributed by atoms with Crippen LogP contribution in [0.25, 0.3) is 0 Å². The fraction of sp³-hybridized carbons (Fsp3) is 0.471. The zero-order valence-electron chi connectivity index (χ0n) is 13.4. The van der Waals surface area contributed by atoms with Gasteiger partial charge in [0.1, 0.15) is 0 Å². The number of aliphatic carboxylic acids is 1. The fourth-order valence-electron chi connectivity index (χ4n) is 2.63. The summed E-state index contributed by atoms with van der Waals surface area (Å²) in [5.74, 6) is -1.39. The highest BCUT2D eigenvalue weighted by atomic mass is 16.4. The Morgan fingerprint density at radius 2 is 1.78 bits per heavy atom. The minimum atomic E-state index is -0.903. The quantitative estimate of drug-likeness (QED) is 0.750. The van der Waals surface area contributed by atoms with Crippen molar-refractivity contribution in [2.45, 2.75) is 45.6 Å². The van der Waals surface area contributed by atoms with Crippen molar-refractivity contribution < 1.29 is 19.5 Å². The van der Waals surface area contributed by atoms with Crippen LogP contribution in [0.4, 0.5) is 5.69 Å². The van der Waals surface area contributed by atoms with E-state index in [1.54, 1.807) is 24.3 Å². The molecule has 2 amide bonds. The van der Waals surface area contributed by atoms with Gasteiger partial charge in [0.15, 0.2) is 0 Å². The molecule has 0 spiro atoms. The Labute approximate surface area is 135 Å². The van der Waals surface area contributed by atoms with Gasteiger partial charge in [-0.15, -0.1) is 0 Å². The molecule has 0 bridgehead atoms. The number of carbonyl (C=O) groups excluding carboxylic acids is 2. The number of amides is 2. The first-order valence-corrected chi connectivity index (χ1v) is 7.76. The van der Waals surface area contributed by atoms with Gasteiger partial charge < -0.3 is 15.7 Å². The first-order valence-electron chi connectivity index (χ1n) is 7.76. The molecule has 0 saturated heterocycles. The van der Waals surface area contributed by atoms with Gasteiger partial charge in [0.2, 0.25) is 5.91 Å². The van der Waals surface area contributed by atoms with Crippen LogP contribution in [0.15, 0.2) is 24.3 Å². The molecule has 0 heterocycles. The maximum atomic E-state index is 12.0. The van der Waals surface area contributed by atoms with Gasteiger partial charge in [0, 0.05) is 23.7 Å². The Morgan fingerprint density at radius 1 is 1.17 bits per heavy atom. The van der Waals surface area contributed by atoms with E-state index < -0.39 is 11.4 Å². The SMILES string of the molecule is CC(C)NC(=O)c1ccc(NC(=O)CC2(C(=O)O)CCC2)cc1. The minimum absolute atomic E-state index is 0.0160. The molecule has 1 aromatic carbocycles. The summed E-state index contributed by atoms with van der Waals surface area (Å²) in [6.07, 6.45) is 1.92. The number of benzene rings is 1. The van der Waals surface area contributed by atoms with Crippen molar-refractivity contribution in [1.82, 2.24) is 5.32 Å². The van der Waals surface area contributed by atoms with Gasteiger partial charge in [-0.3, -0.25) is 14.4 Å². The predicted octanol–water partition coefficient (Wildman–Crippen LogP) is 2.41. The van der Waals surface area contributed by atoms with Crippen molar-refractivity contribution in [2.75, 3.05) is 5.32 Å². The van der Waals surface area contributed by atoms with Crippen LogP contribution < -0.4 is 10.6 Å². The van der Waals surface area contributed by atoms with Crippen LogP contribution in [0.2, 0.25) is 0 Å². The van der Waals surface area contributed by atoms with E-state index >= 15 is 0 Å². The monoisotopic (exact) mass is 318 g/mol. The number of carboxylic acids is 1. The van der Waals surface area contributed by atoms with E-state index in [0.29, 0.717) is 24.1 Å². The van der Waals surface area contributed by atoms with Gasteiger partial charge in [-0.2, -0.15) is 0 Å². The lowest BCUT2D eigenvalue weighted by molar-refractivity contribution is -0.157. The van der Waals surface area contributed by atoms with E-state index in [1.807, 2.05) is 13.8 Å². The second-order valence-corrected chi connectivity index (χ2v) is 6.37. The standard InChI is InChI=1S/C17H22N2O4/c1-11(2)18-15(21)12-4-6-13(7-5-12)19-14(20)10-17(16(22)23)8-3-9-17/h4-7,11H,3,8-10H2,1-2H3,(H,18,21)(H,19,20)(H,22,23). The number of hydrogen-bond acceptors (Lipinski definition) is 3. The summed E-state index contributed by atoms with van der Waals surface area (Å²) in [5.41, 5.74) is 0.162. The molecule has 0 aliphatic heterocycles. The van der Waals surface area contributed by atoms with Crippen LogP contribution in [0.5, 0.6) is 0 Å². The molecule has 0 radical (unpaired) electrons. The third kappa shape index (κ3) is 4.09. The van der Waals surface area contributed by atoms with Crippen molar-refractivity contribution >= 4 is 23.5 Å². The zero-order valence-corrected chi connectivity index (χ0v) is 13.4. The molecule has 124 valence electrons. The van der Waals surface area contributed by atoms with Gasteiger partial charge in [-0.25, -0.2) is 0 Å². The zero-order chi connectivity index (χ0) is 17.0. The summed E-state index contributed by atoms with van der Waals surface area (Å²) in [5, 5.41) is 14.7. The average molecular weight is 318 g/mol. The van der Waals surface area contributed by atoms with Gasteiger partial charge in [-0.05, 0) is 51.0 Å². The molecule has 23 heavy (non-hydrogen) atoms. The van der Waals surface area contributed by atoms with Crippen molar-refractivity contribution in [3.05, 3.63) is 29.8 Å². The molecule has 1 fully saturated rings. The number of hydrogen-bond donors (Lipinski definition) is 3. The van der Waals surface area contributed by atoms with Crippen LogP contribution in [0.1, 0.15) is 49.9 Å². The summed E-state index contributed by atoms with van der Waals surface area (Å²) >= 11 is 0. The highest BCUT2D eigenvalue weighted by molar-refractivity contribution is 5.97. The van der Waals surface area contributed by atoms with Gasteiger partial charge in [0.25, 0.3) is 5.91 Å². The molecular weight excluding hydrogens is 296 g/mol. The third-order valence-electron chi connectivity index (χ3n) is 4.11. The number of carbonyl (C=O) groups is 3. The van der Waals surface area contributed by atoms with E-state index in [2.05, 4.69) is 10.6 Å². The topological polar surface area (TPSA) is 95.5 Å². The molecule has 6 nitrogen and oxygen atoms in total. The molecule has 1 saturated carbocycles. The van der Waals surface area contributed by atoms with Gasteiger partial charge >= 0.3 is 5.97 Å². The molecule has 6 heteroatoms. The Morgan fingerprint density at radius 3 is 2.22 bits per heavy atom. The summed E-state index contributed by atoms with van der Waals surface area (Å²) < 4.78 is 0. The summed E-state index contributed by atoms with van der Waals surface area (Å²) in [7, 11) is 0. The van der Waals surface area contributed by atoms with Crippen LogP contribution >= 0.6 is 0 Å². The summed E-state index contributed by atoms with van der Waals surface area (Å²) in [6, 6.07) is 6.59. The summed E-state index contributed by atoms with van der Waals surface area (Å²) in [4.78, 5) is 35.1. The smallest absolute Gasteiger partial charge is 0.310 e. The molecule has 0 aromatic heterocycles. The van der Waals surface area contributed by atoms with E-state index in [0.717, 1.165) is 6.42 Å².